The number of rotatable bonds is 14. The monoisotopic (exact) mass is 518 g/mol. The van der Waals surface area contributed by atoms with E-state index in [0.717, 1.165) is 5.56 Å². The van der Waals surface area contributed by atoms with Gasteiger partial charge in [-0.25, -0.2) is 9.78 Å². The lowest BCUT2D eigenvalue weighted by atomic mass is 10.0. The molecule has 4 unspecified atom stereocenters. The number of thiol groups is 1. The van der Waals surface area contributed by atoms with E-state index in [2.05, 4.69) is 38.5 Å². The van der Waals surface area contributed by atoms with Crippen LogP contribution in [0.25, 0.3) is 0 Å². The van der Waals surface area contributed by atoms with Gasteiger partial charge in [0.15, 0.2) is 0 Å². The number of nitrogens with two attached hydrogens (primary N) is 1. The van der Waals surface area contributed by atoms with Crippen molar-refractivity contribution in [2.75, 3.05) is 5.75 Å². The molecule has 1 aromatic carbocycles. The van der Waals surface area contributed by atoms with Crippen LogP contribution in [0.15, 0.2) is 42.9 Å². The average molecular weight is 519 g/mol. The van der Waals surface area contributed by atoms with Crippen LogP contribution in [-0.2, 0) is 32.0 Å². The number of aromatic amines is 1. The molecular formula is C24H34N6O5S. The normalized spacial score (nSPS) is 14.4. The number of aromatic nitrogens is 2. The van der Waals surface area contributed by atoms with Gasteiger partial charge in [0.05, 0.1) is 12.4 Å². The summed E-state index contributed by atoms with van der Waals surface area (Å²) in [5.41, 5.74) is 7.19. The zero-order chi connectivity index (χ0) is 26.7. The standard InChI is InChI=1S/C24H34N6O5S/c1-14(2)8-17(25)21(31)30-20(12-36)23(33)28-18(10-16-11-26-13-27-16)22(32)29-19(24(34)35)9-15-6-4-3-5-7-15/h3-7,11,13-14,17-20,36H,8-10,12,25H2,1-2H3,(H,26,27)(H,28,33)(H,29,32)(H,30,31)(H,34,35). The summed E-state index contributed by atoms with van der Waals surface area (Å²) >= 11 is 4.16. The highest BCUT2D eigenvalue weighted by Crippen LogP contribution is 2.07. The first-order valence-electron chi connectivity index (χ1n) is 11.6. The lowest BCUT2D eigenvalue weighted by Gasteiger charge is -2.24. The molecule has 0 aliphatic rings. The van der Waals surface area contributed by atoms with Crippen LogP contribution in [0.2, 0.25) is 0 Å². The molecule has 7 N–H and O–H groups in total. The van der Waals surface area contributed by atoms with Crippen molar-refractivity contribution in [2.24, 2.45) is 11.7 Å². The van der Waals surface area contributed by atoms with Crippen molar-refractivity contribution in [3.05, 3.63) is 54.1 Å². The molecule has 2 aromatic rings. The number of hydrogen-bond acceptors (Lipinski definition) is 7. The van der Waals surface area contributed by atoms with E-state index in [4.69, 9.17) is 5.73 Å². The Morgan fingerprint density at radius 3 is 2.14 bits per heavy atom. The van der Waals surface area contributed by atoms with Gasteiger partial charge in [0.25, 0.3) is 0 Å². The molecule has 11 nitrogen and oxygen atoms in total. The van der Waals surface area contributed by atoms with E-state index in [9.17, 15) is 24.3 Å². The number of amides is 3. The highest BCUT2D eigenvalue weighted by Gasteiger charge is 2.30. The van der Waals surface area contributed by atoms with Crippen molar-refractivity contribution in [3.8, 4) is 0 Å². The first-order chi connectivity index (χ1) is 17.1. The summed E-state index contributed by atoms with van der Waals surface area (Å²) in [6.45, 7) is 3.85. The molecule has 1 aromatic heterocycles. The number of nitrogens with zero attached hydrogens (tertiary/aromatic N) is 1. The van der Waals surface area contributed by atoms with Crippen LogP contribution < -0.4 is 21.7 Å². The lowest BCUT2D eigenvalue weighted by molar-refractivity contribution is -0.142. The van der Waals surface area contributed by atoms with E-state index in [0.29, 0.717) is 12.1 Å². The SMILES string of the molecule is CC(C)CC(N)C(=O)NC(CS)C(=O)NC(Cc1cnc[nH]1)C(=O)NC(Cc1ccccc1)C(=O)O. The van der Waals surface area contributed by atoms with E-state index in [1.807, 2.05) is 13.8 Å². The second-order valence-corrected chi connectivity index (χ2v) is 9.28. The number of imidazole rings is 1. The van der Waals surface area contributed by atoms with Gasteiger partial charge in [0.1, 0.15) is 18.1 Å². The Balaban J connectivity index is 2.13. The van der Waals surface area contributed by atoms with Gasteiger partial charge in [-0.2, -0.15) is 12.6 Å². The number of carbonyl (C=O) groups is 4. The average Bonchev–Trinajstić information content (AvgIpc) is 3.34. The van der Waals surface area contributed by atoms with E-state index in [1.165, 1.54) is 12.5 Å². The Morgan fingerprint density at radius 1 is 0.972 bits per heavy atom. The second kappa shape index (κ2) is 14.2. The van der Waals surface area contributed by atoms with Gasteiger partial charge in [-0.3, -0.25) is 14.4 Å². The smallest absolute Gasteiger partial charge is 0.326 e. The van der Waals surface area contributed by atoms with E-state index in [1.54, 1.807) is 30.3 Å². The van der Waals surface area contributed by atoms with Crippen molar-refractivity contribution in [2.45, 2.75) is 57.3 Å². The number of nitrogens with one attached hydrogen (secondary N) is 4. The van der Waals surface area contributed by atoms with E-state index >= 15 is 0 Å². The van der Waals surface area contributed by atoms with Gasteiger partial charge in [0.2, 0.25) is 17.7 Å². The summed E-state index contributed by atoms with van der Waals surface area (Å²) in [6, 6.07) is 4.68. The summed E-state index contributed by atoms with van der Waals surface area (Å²) in [6.07, 6.45) is 3.45. The lowest BCUT2D eigenvalue weighted by Crippen LogP contribution is -2.58. The molecular weight excluding hydrogens is 484 g/mol. The number of carboxylic acid groups (broad SMARTS) is 1. The zero-order valence-electron chi connectivity index (χ0n) is 20.3. The maximum Gasteiger partial charge on any atom is 0.326 e. The summed E-state index contributed by atoms with van der Waals surface area (Å²) in [4.78, 5) is 57.1. The Bertz CT molecular complexity index is 1000. The van der Waals surface area contributed by atoms with Crippen LogP contribution in [0.4, 0.5) is 0 Å². The molecule has 36 heavy (non-hydrogen) atoms. The van der Waals surface area contributed by atoms with E-state index in [-0.39, 0.29) is 24.5 Å². The molecule has 1 heterocycles. The van der Waals surface area contributed by atoms with Gasteiger partial charge in [-0.15, -0.1) is 0 Å². The minimum atomic E-state index is -1.21. The van der Waals surface area contributed by atoms with Gasteiger partial charge in [-0.1, -0.05) is 44.2 Å². The minimum absolute atomic E-state index is 0.0232. The van der Waals surface area contributed by atoms with Gasteiger partial charge in [0, 0.05) is 30.5 Å². The highest BCUT2D eigenvalue weighted by atomic mass is 32.1. The minimum Gasteiger partial charge on any atom is -0.480 e. The van der Waals surface area contributed by atoms with Gasteiger partial charge < -0.3 is 31.8 Å². The Labute approximate surface area is 215 Å². The number of hydrogen-bond donors (Lipinski definition) is 7. The third kappa shape index (κ3) is 9.34. The molecule has 2 rings (SSSR count). The van der Waals surface area contributed by atoms with Crippen LogP contribution in [0, 0.1) is 5.92 Å². The molecule has 0 spiro atoms. The van der Waals surface area contributed by atoms with Crippen molar-refractivity contribution in [3.63, 3.8) is 0 Å². The predicted molar refractivity (Wildman–Crippen MR) is 137 cm³/mol. The predicted octanol–water partition coefficient (Wildman–Crippen LogP) is 0.0371. The van der Waals surface area contributed by atoms with Crippen LogP contribution in [0.1, 0.15) is 31.5 Å². The Morgan fingerprint density at radius 2 is 1.58 bits per heavy atom. The van der Waals surface area contributed by atoms with Crippen molar-refractivity contribution >= 4 is 36.3 Å². The summed E-state index contributed by atoms with van der Waals surface area (Å²) < 4.78 is 0. The van der Waals surface area contributed by atoms with Crippen LogP contribution >= 0.6 is 12.6 Å². The van der Waals surface area contributed by atoms with Gasteiger partial charge >= 0.3 is 5.97 Å². The Kier molecular flexibility index (Phi) is 11.4. The summed E-state index contributed by atoms with van der Waals surface area (Å²) in [5, 5.41) is 17.3. The number of benzene rings is 1. The quantitative estimate of drug-likeness (QED) is 0.172. The van der Waals surface area contributed by atoms with Crippen molar-refractivity contribution < 1.29 is 24.3 Å². The first kappa shape index (κ1) is 28.9. The molecule has 0 aliphatic carbocycles. The van der Waals surface area contributed by atoms with Crippen molar-refractivity contribution in [1.29, 1.82) is 0 Å². The zero-order valence-corrected chi connectivity index (χ0v) is 21.2. The molecule has 0 aliphatic heterocycles. The van der Waals surface area contributed by atoms with Crippen molar-refractivity contribution in [1.82, 2.24) is 25.9 Å². The van der Waals surface area contributed by atoms with E-state index < -0.39 is 47.9 Å². The number of carboxylic acids is 1. The fraction of sp³-hybridized carbons (Fsp3) is 0.458. The fourth-order valence-electron chi connectivity index (χ4n) is 3.51. The number of aliphatic carboxylic acids is 1. The molecule has 0 bridgehead atoms. The van der Waals surface area contributed by atoms with Crippen LogP contribution in [0.5, 0.6) is 0 Å². The molecule has 0 saturated carbocycles. The second-order valence-electron chi connectivity index (χ2n) is 8.91. The molecule has 196 valence electrons. The van der Waals surface area contributed by atoms with Crippen LogP contribution in [-0.4, -0.2) is 68.7 Å². The molecule has 0 radical (unpaired) electrons. The third-order valence-corrected chi connectivity index (χ3v) is 5.75. The van der Waals surface area contributed by atoms with Gasteiger partial charge in [-0.05, 0) is 17.9 Å². The Hall–Kier alpha value is -3.38. The first-order valence-corrected chi connectivity index (χ1v) is 12.3. The highest BCUT2D eigenvalue weighted by molar-refractivity contribution is 7.80. The molecule has 12 heteroatoms. The molecule has 0 fully saturated rings. The van der Waals surface area contributed by atoms with Crippen LogP contribution in [0.3, 0.4) is 0 Å². The molecule has 0 saturated heterocycles. The molecule has 4 atom stereocenters. The topological polar surface area (TPSA) is 179 Å². The summed E-state index contributed by atoms with van der Waals surface area (Å²) in [5.74, 6) is -2.89. The fourth-order valence-corrected chi connectivity index (χ4v) is 3.76. The maximum absolute atomic E-state index is 13.1. The largest absolute Gasteiger partial charge is 0.480 e. The summed E-state index contributed by atoms with van der Waals surface area (Å²) in [7, 11) is 0. The number of carbonyl (C=O) groups excluding carboxylic acids is 3. The maximum atomic E-state index is 13.1. The number of H-pyrrole nitrogens is 1. The molecule has 3 amide bonds. The third-order valence-electron chi connectivity index (χ3n) is 5.39.